The van der Waals surface area contributed by atoms with E-state index in [9.17, 15) is 4.79 Å². The van der Waals surface area contributed by atoms with Crippen LogP contribution in [0, 0.1) is 6.92 Å². The van der Waals surface area contributed by atoms with Crippen LogP contribution in [0.1, 0.15) is 12.5 Å². The van der Waals surface area contributed by atoms with Gasteiger partial charge in [0.2, 0.25) is 0 Å². The summed E-state index contributed by atoms with van der Waals surface area (Å²) >= 11 is 3.28. The summed E-state index contributed by atoms with van der Waals surface area (Å²) in [5, 5.41) is 0.458. The molecule has 0 aliphatic rings. The Kier molecular flexibility index (Phi) is 5.77. The molecular weight excluding hydrogens is 284 g/mol. The molecule has 0 heterocycles. The predicted molar refractivity (Wildman–Crippen MR) is 70.3 cm³/mol. The lowest BCUT2D eigenvalue weighted by molar-refractivity contribution is -0.137. The normalized spacial score (nSPS) is 11.1. The molecule has 0 radical (unpaired) electrons. The van der Waals surface area contributed by atoms with Crippen LogP contribution in [0.5, 0.6) is 5.75 Å². The summed E-state index contributed by atoms with van der Waals surface area (Å²) in [4.78, 5) is 11.3. The quantitative estimate of drug-likeness (QED) is 0.362. The average molecular weight is 299 g/mol. The van der Waals surface area contributed by atoms with Crippen LogP contribution in [0.4, 0.5) is 0 Å². The van der Waals surface area contributed by atoms with Crippen LogP contribution in [0.3, 0.4) is 0 Å². The highest BCUT2D eigenvalue weighted by Crippen LogP contribution is 2.19. The SMILES string of the molecule is CCOC(=O)C=C(CBr)Oc1ccccc1C. The monoisotopic (exact) mass is 298 g/mol. The molecule has 0 bridgehead atoms. The van der Waals surface area contributed by atoms with E-state index in [2.05, 4.69) is 15.9 Å². The van der Waals surface area contributed by atoms with E-state index in [0.717, 1.165) is 11.3 Å². The zero-order valence-electron chi connectivity index (χ0n) is 9.90. The Bertz CT molecular complexity index is 413. The van der Waals surface area contributed by atoms with Crippen LogP contribution in [0.2, 0.25) is 0 Å². The fourth-order valence-corrected chi connectivity index (χ4v) is 1.50. The van der Waals surface area contributed by atoms with Gasteiger partial charge in [0.25, 0.3) is 0 Å². The Morgan fingerprint density at radius 1 is 1.41 bits per heavy atom. The standard InChI is InChI=1S/C13H15BrO3/c1-3-16-13(15)8-11(9-14)17-12-7-5-4-6-10(12)2/h4-8H,3,9H2,1-2H3. The summed E-state index contributed by atoms with van der Waals surface area (Å²) in [6.45, 7) is 4.07. The van der Waals surface area contributed by atoms with Gasteiger partial charge in [-0.3, -0.25) is 0 Å². The number of hydrogen-bond acceptors (Lipinski definition) is 3. The minimum Gasteiger partial charge on any atom is -0.463 e. The number of carbonyl (C=O) groups is 1. The molecule has 0 N–H and O–H groups in total. The van der Waals surface area contributed by atoms with E-state index in [1.165, 1.54) is 6.08 Å². The molecule has 0 saturated heterocycles. The Hall–Kier alpha value is -1.29. The van der Waals surface area contributed by atoms with Crippen molar-refractivity contribution in [3.8, 4) is 5.75 Å². The molecule has 0 fully saturated rings. The fourth-order valence-electron chi connectivity index (χ4n) is 1.22. The first-order valence-electron chi connectivity index (χ1n) is 5.34. The number of hydrogen-bond donors (Lipinski definition) is 0. The van der Waals surface area contributed by atoms with Crippen molar-refractivity contribution in [2.75, 3.05) is 11.9 Å². The first kappa shape index (κ1) is 13.8. The van der Waals surface area contributed by atoms with Crippen molar-refractivity contribution in [2.45, 2.75) is 13.8 Å². The number of ether oxygens (including phenoxy) is 2. The van der Waals surface area contributed by atoms with Gasteiger partial charge in [-0.15, -0.1) is 0 Å². The van der Waals surface area contributed by atoms with Crippen LogP contribution in [0.15, 0.2) is 36.1 Å². The summed E-state index contributed by atoms with van der Waals surface area (Å²) in [7, 11) is 0. The molecule has 0 aliphatic heterocycles. The van der Waals surface area contributed by atoms with E-state index < -0.39 is 5.97 Å². The third-order valence-electron chi connectivity index (χ3n) is 2.03. The molecule has 92 valence electrons. The summed E-state index contributed by atoms with van der Waals surface area (Å²) < 4.78 is 10.5. The van der Waals surface area contributed by atoms with Crippen LogP contribution in [0.25, 0.3) is 0 Å². The Morgan fingerprint density at radius 3 is 2.71 bits per heavy atom. The van der Waals surface area contributed by atoms with E-state index in [0.29, 0.717) is 17.7 Å². The smallest absolute Gasteiger partial charge is 0.334 e. The maximum Gasteiger partial charge on any atom is 0.334 e. The number of allylic oxidation sites excluding steroid dienone is 1. The van der Waals surface area contributed by atoms with Gasteiger partial charge in [-0.2, -0.15) is 0 Å². The van der Waals surface area contributed by atoms with E-state index in [1.54, 1.807) is 6.92 Å². The predicted octanol–water partition coefficient (Wildman–Crippen LogP) is 3.22. The molecule has 3 nitrogen and oxygen atoms in total. The average Bonchev–Trinajstić information content (AvgIpc) is 2.31. The number of para-hydroxylation sites is 1. The lowest BCUT2D eigenvalue weighted by atomic mass is 10.2. The number of benzene rings is 1. The van der Waals surface area contributed by atoms with E-state index in [1.807, 2.05) is 31.2 Å². The van der Waals surface area contributed by atoms with Crippen LogP contribution in [-0.2, 0) is 9.53 Å². The van der Waals surface area contributed by atoms with Gasteiger partial charge in [0, 0.05) is 0 Å². The second-order valence-corrected chi connectivity index (χ2v) is 3.92. The van der Waals surface area contributed by atoms with Gasteiger partial charge in [0.15, 0.2) is 0 Å². The molecule has 0 unspecified atom stereocenters. The number of alkyl halides is 1. The zero-order valence-corrected chi connectivity index (χ0v) is 11.5. The summed E-state index contributed by atoms with van der Waals surface area (Å²) in [5.41, 5.74) is 1.02. The van der Waals surface area contributed by atoms with Crippen LogP contribution < -0.4 is 4.74 Å². The minimum absolute atomic E-state index is 0.356. The highest BCUT2D eigenvalue weighted by atomic mass is 79.9. The van der Waals surface area contributed by atoms with Crippen molar-refractivity contribution in [1.82, 2.24) is 0 Å². The summed E-state index contributed by atoms with van der Waals surface area (Å²) in [6, 6.07) is 7.63. The lowest BCUT2D eigenvalue weighted by Crippen LogP contribution is -2.05. The maximum absolute atomic E-state index is 11.3. The minimum atomic E-state index is -0.393. The van der Waals surface area contributed by atoms with E-state index >= 15 is 0 Å². The third-order valence-corrected chi connectivity index (χ3v) is 2.58. The van der Waals surface area contributed by atoms with Crippen molar-refractivity contribution in [3.63, 3.8) is 0 Å². The van der Waals surface area contributed by atoms with Gasteiger partial charge in [0.05, 0.1) is 18.0 Å². The van der Waals surface area contributed by atoms with Crippen molar-refractivity contribution >= 4 is 21.9 Å². The molecule has 1 rings (SSSR count). The zero-order chi connectivity index (χ0) is 12.7. The molecule has 1 aromatic carbocycles. The maximum atomic E-state index is 11.3. The van der Waals surface area contributed by atoms with Gasteiger partial charge in [0.1, 0.15) is 11.5 Å². The molecule has 0 amide bonds. The highest BCUT2D eigenvalue weighted by molar-refractivity contribution is 9.09. The molecule has 1 aromatic rings. The number of rotatable bonds is 5. The third kappa shape index (κ3) is 4.61. The largest absolute Gasteiger partial charge is 0.463 e. The van der Waals surface area contributed by atoms with Gasteiger partial charge in [-0.1, -0.05) is 34.1 Å². The van der Waals surface area contributed by atoms with Crippen molar-refractivity contribution in [2.24, 2.45) is 0 Å². The van der Waals surface area contributed by atoms with Crippen LogP contribution in [-0.4, -0.2) is 17.9 Å². The van der Waals surface area contributed by atoms with Crippen molar-refractivity contribution in [1.29, 1.82) is 0 Å². The second-order valence-electron chi connectivity index (χ2n) is 3.36. The lowest BCUT2D eigenvalue weighted by Gasteiger charge is -2.09. The highest BCUT2D eigenvalue weighted by Gasteiger charge is 2.05. The van der Waals surface area contributed by atoms with Gasteiger partial charge in [-0.05, 0) is 25.5 Å². The van der Waals surface area contributed by atoms with Gasteiger partial charge < -0.3 is 9.47 Å². The number of halogens is 1. The summed E-state index contributed by atoms with van der Waals surface area (Å²) in [6.07, 6.45) is 1.35. The molecule has 0 spiro atoms. The van der Waals surface area contributed by atoms with Crippen LogP contribution >= 0.6 is 15.9 Å². The van der Waals surface area contributed by atoms with Crippen molar-refractivity contribution in [3.05, 3.63) is 41.7 Å². The van der Waals surface area contributed by atoms with Gasteiger partial charge in [-0.25, -0.2) is 4.79 Å². The topological polar surface area (TPSA) is 35.5 Å². The van der Waals surface area contributed by atoms with E-state index in [4.69, 9.17) is 9.47 Å². The molecule has 0 aromatic heterocycles. The molecule has 0 aliphatic carbocycles. The molecule has 17 heavy (non-hydrogen) atoms. The fraction of sp³-hybridized carbons (Fsp3) is 0.308. The first-order valence-corrected chi connectivity index (χ1v) is 6.46. The first-order chi connectivity index (χ1) is 8.17. The number of carbonyl (C=O) groups excluding carboxylic acids is 1. The second kappa shape index (κ2) is 7.12. The Labute approximate surface area is 110 Å². The number of esters is 1. The molecule has 0 atom stereocenters. The summed E-state index contributed by atoms with van der Waals surface area (Å²) in [5.74, 6) is 0.871. The number of aryl methyl sites for hydroxylation is 1. The van der Waals surface area contributed by atoms with E-state index in [-0.39, 0.29) is 0 Å². The Balaban J connectivity index is 2.77. The van der Waals surface area contributed by atoms with Gasteiger partial charge >= 0.3 is 5.97 Å². The molecular formula is C13H15BrO3. The van der Waals surface area contributed by atoms with Crippen molar-refractivity contribution < 1.29 is 14.3 Å². The molecule has 4 heteroatoms. The molecule has 0 saturated carbocycles. The Morgan fingerprint density at radius 2 is 2.12 bits per heavy atom.